The van der Waals surface area contributed by atoms with Crippen molar-refractivity contribution in [2.75, 3.05) is 5.32 Å². The molecule has 1 nitrogen and oxygen atoms in total. The highest BCUT2D eigenvalue weighted by molar-refractivity contribution is 5.59. The standard InChI is InChI=1S/C13H17N/c1-9(2)12-7-6-11-5-4-10(3)14-13(11)8-12/h6-9,14H,3-5H2,1-2H3. The number of allylic oxidation sites excluding steroid dienone is 1. The van der Waals surface area contributed by atoms with Gasteiger partial charge in [-0.05, 0) is 36.0 Å². The molecule has 0 bridgehead atoms. The van der Waals surface area contributed by atoms with Crippen molar-refractivity contribution < 1.29 is 0 Å². The molecule has 1 heteroatoms. The Bertz CT molecular complexity index is 363. The van der Waals surface area contributed by atoms with Crippen LogP contribution in [0.15, 0.2) is 30.5 Å². The summed E-state index contributed by atoms with van der Waals surface area (Å²) < 4.78 is 0. The summed E-state index contributed by atoms with van der Waals surface area (Å²) >= 11 is 0. The van der Waals surface area contributed by atoms with Gasteiger partial charge in [-0.15, -0.1) is 0 Å². The molecular weight excluding hydrogens is 170 g/mol. The zero-order chi connectivity index (χ0) is 10.1. The Labute approximate surface area is 85.8 Å². The number of anilines is 1. The average molecular weight is 187 g/mol. The zero-order valence-corrected chi connectivity index (χ0v) is 8.93. The lowest BCUT2D eigenvalue weighted by molar-refractivity contribution is 0.857. The predicted octanol–water partition coefficient (Wildman–Crippen LogP) is 3.68. The van der Waals surface area contributed by atoms with Gasteiger partial charge in [0.2, 0.25) is 0 Å². The third-order valence-corrected chi connectivity index (χ3v) is 2.81. The lowest BCUT2D eigenvalue weighted by atomic mass is 9.96. The van der Waals surface area contributed by atoms with Gasteiger partial charge in [-0.2, -0.15) is 0 Å². The van der Waals surface area contributed by atoms with Crippen LogP contribution in [0.2, 0.25) is 0 Å². The van der Waals surface area contributed by atoms with Crippen molar-refractivity contribution in [3.05, 3.63) is 41.6 Å². The molecule has 1 heterocycles. The van der Waals surface area contributed by atoms with Crippen LogP contribution in [0.25, 0.3) is 0 Å². The predicted molar refractivity (Wildman–Crippen MR) is 61.6 cm³/mol. The van der Waals surface area contributed by atoms with Crippen LogP contribution in [-0.4, -0.2) is 0 Å². The summed E-state index contributed by atoms with van der Waals surface area (Å²) in [6, 6.07) is 6.73. The van der Waals surface area contributed by atoms with Crippen molar-refractivity contribution in [2.24, 2.45) is 0 Å². The molecule has 0 radical (unpaired) electrons. The summed E-state index contributed by atoms with van der Waals surface area (Å²) in [6.45, 7) is 8.42. The smallest absolute Gasteiger partial charge is 0.0417 e. The summed E-state index contributed by atoms with van der Waals surface area (Å²) in [5.74, 6) is 0.595. The van der Waals surface area contributed by atoms with E-state index < -0.39 is 0 Å². The first kappa shape index (κ1) is 9.32. The van der Waals surface area contributed by atoms with Crippen molar-refractivity contribution >= 4 is 5.69 Å². The van der Waals surface area contributed by atoms with Crippen molar-refractivity contribution in [1.82, 2.24) is 0 Å². The topological polar surface area (TPSA) is 12.0 Å². The molecule has 1 aliphatic rings. The van der Waals surface area contributed by atoms with Crippen LogP contribution >= 0.6 is 0 Å². The molecule has 0 spiro atoms. The summed E-state index contributed by atoms with van der Waals surface area (Å²) in [6.07, 6.45) is 2.19. The fourth-order valence-electron chi connectivity index (χ4n) is 1.83. The molecule has 0 aromatic heterocycles. The quantitative estimate of drug-likeness (QED) is 0.707. The van der Waals surface area contributed by atoms with Gasteiger partial charge in [0, 0.05) is 11.4 Å². The van der Waals surface area contributed by atoms with Gasteiger partial charge in [-0.1, -0.05) is 32.6 Å². The van der Waals surface area contributed by atoms with E-state index >= 15 is 0 Å². The van der Waals surface area contributed by atoms with Crippen molar-refractivity contribution in [1.29, 1.82) is 0 Å². The maximum absolute atomic E-state index is 3.98. The van der Waals surface area contributed by atoms with Crippen molar-refractivity contribution in [3.63, 3.8) is 0 Å². The highest BCUT2D eigenvalue weighted by Crippen LogP contribution is 2.29. The minimum atomic E-state index is 0.595. The molecule has 0 saturated heterocycles. The van der Waals surface area contributed by atoms with E-state index in [4.69, 9.17) is 0 Å². The summed E-state index contributed by atoms with van der Waals surface area (Å²) in [4.78, 5) is 0. The van der Waals surface area contributed by atoms with Gasteiger partial charge in [-0.3, -0.25) is 0 Å². The average Bonchev–Trinajstić information content (AvgIpc) is 2.16. The van der Waals surface area contributed by atoms with E-state index in [0.717, 1.165) is 18.5 Å². The minimum absolute atomic E-state index is 0.595. The van der Waals surface area contributed by atoms with Crippen LogP contribution in [0.4, 0.5) is 5.69 Å². The molecule has 0 aliphatic carbocycles. The molecule has 0 saturated carbocycles. The van der Waals surface area contributed by atoms with Gasteiger partial charge in [0.1, 0.15) is 0 Å². The van der Waals surface area contributed by atoms with E-state index in [1.165, 1.54) is 16.8 Å². The lowest BCUT2D eigenvalue weighted by Gasteiger charge is -2.21. The van der Waals surface area contributed by atoms with E-state index in [-0.39, 0.29) is 0 Å². The third kappa shape index (κ3) is 1.67. The lowest BCUT2D eigenvalue weighted by Crippen LogP contribution is -2.09. The third-order valence-electron chi connectivity index (χ3n) is 2.81. The Kier molecular flexibility index (Phi) is 2.32. The number of benzene rings is 1. The second-order valence-electron chi connectivity index (χ2n) is 4.30. The number of hydrogen-bond donors (Lipinski definition) is 1. The molecule has 0 amide bonds. The molecule has 1 aromatic carbocycles. The van der Waals surface area contributed by atoms with Crippen LogP contribution in [0.5, 0.6) is 0 Å². The molecule has 0 unspecified atom stereocenters. The Balaban J connectivity index is 2.37. The van der Waals surface area contributed by atoms with Crippen molar-refractivity contribution in [2.45, 2.75) is 32.6 Å². The number of nitrogens with one attached hydrogen (secondary N) is 1. The maximum atomic E-state index is 3.98. The maximum Gasteiger partial charge on any atom is 0.0417 e. The van der Waals surface area contributed by atoms with Gasteiger partial charge < -0.3 is 5.32 Å². The Morgan fingerprint density at radius 3 is 2.79 bits per heavy atom. The van der Waals surface area contributed by atoms with Gasteiger partial charge in [0.05, 0.1) is 0 Å². The van der Waals surface area contributed by atoms with E-state index in [1.54, 1.807) is 0 Å². The van der Waals surface area contributed by atoms with Crippen LogP contribution < -0.4 is 5.32 Å². The number of rotatable bonds is 1. The van der Waals surface area contributed by atoms with E-state index in [9.17, 15) is 0 Å². The van der Waals surface area contributed by atoms with Crippen LogP contribution in [0, 0.1) is 0 Å². The first-order chi connectivity index (χ1) is 6.66. The first-order valence-electron chi connectivity index (χ1n) is 5.24. The number of fused-ring (bicyclic) bond motifs is 1. The van der Waals surface area contributed by atoms with E-state index in [0.29, 0.717) is 5.92 Å². The Morgan fingerprint density at radius 1 is 1.29 bits per heavy atom. The number of hydrogen-bond acceptors (Lipinski definition) is 1. The highest BCUT2D eigenvalue weighted by atomic mass is 14.9. The zero-order valence-electron chi connectivity index (χ0n) is 8.93. The molecule has 0 atom stereocenters. The van der Waals surface area contributed by atoms with Crippen LogP contribution in [-0.2, 0) is 6.42 Å². The van der Waals surface area contributed by atoms with Crippen LogP contribution in [0.3, 0.4) is 0 Å². The molecule has 1 aromatic rings. The number of aryl methyl sites for hydroxylation is 1. The SMILES string of the molecule is C=C1CCc2ccc(C(C)C)cc2N1. The second-order valence-corrected chi connectivity index (χ2v) is 4.30. The van der Waals surface area contributed by atoms with Gasteiger partial charge in [0.15, 0.2) is 0 Å². The van der Waals surface area contributed by atoms with Crippen molar-refractivity contribution in [3.8, 4) is 0 Å². The molecule has 0 fully saturated rings. The summed E-state index contributed by atoms with van der Waals surface area (Å²) in [7, 11) is 0. The van der Waals surface area contributed by atoms with Gasteiger partial charge >= 0.3 is 0 Å². The molecule has 1 aliphatic heterocycles. The molecule has 74 valence electrons. The fraction of sp³-hybridized carbons (Fsp3) is 0.385. The largest absolute Gasteiger partial charge is 0.359 e. The Morgan fingerprint density at radius 2 is 2.07 bits per heavy atom. The molecule has 1 N–H and O–H groups in total. The summed E-state index contributed by atoms with van der Waals surface area (Å²) in [5.41, 5.74) is 5.21. The fourth-order valence-corrected chi connectivity index (χ4v) is 1.83. The molecule has 2 rings (SSSR count). The highest BCUT2D eigenvalue weighted by Gasteiger charge is 2.11. The normalized spacial score (nSPS) is 15.2. The van der Waals surface area contributed by atoms with Gasteiger partial charge in [-0.25, -0.2) is 0 Å². The Hall–Kier alpha value is -1.24. The van der Waals surface area contributed by atoms with Gasteiger partial charge in [0.25, 0.3) is 0 Å². The monoisotopic (exact) mass is 187 g/mol. The molecule has 14 heavy (non-hydrogen) atoms. The summed E-state index contributed by atoms with van der Waals surface area (Å²) in [5, 5.41) is 3.36. The van der Waals surface area contributed by atoms with E-state index in [2.05, 4.69) is 43.9 Å². The second kappa shape index (κ2) is 3.49. The van der Waals surface area contributed by atoms with Crippen LogP contribution in [0.1, 0.15) is 37.3 Å². The van der Waals surface area contributed by atoms with E-state index in [1.807, 2.05) is 0 Å². The first-order valence-corrected chi connectivity index (χ1v) is 5.24. The molecular formula is C13H17N. The minimum Gasteiger partial charge on any atom is -0.359 e.